The van der Waals surface area contributed by atoms with E-state index in [9.17, 15) is 18.4 Å². The summed E-state index contributed by atoms with van der Waals surface area (Å²) in [6.45, 7) is 0.338. The lowest BCUT2D eigenvalue weighted by Crippen LogP contribution is -2.57. The second-order valence-corrected chi connectivity index (χ2v) is 4.74. The third-order valence-corrected chi connectivity index (χ3v) is 3.64. The van der Waals surface area contributed by atoms with E-state index < -0.39 is 17.7 Å². The predicted octanol–water partition coefficient (Wildman–Crippen LogP) is 1.30. The summed E-state index contributed by atoms with van der Waals surface area (Å²) < 4.78 is 27.0. The molecule has 2 aliphatic heterocycles. The SMILES string of the molecule is O=C1C2CCCN2C(=O)CN1c1cccc(F)c1F. The number of anilines is 1. The van der Waals surface area contributed by atoms with Crippen molar-refractivity contribution in [1.29, 1.82) is 0 Å². The van der Waals surface area contributed by atoms with E-state index >= 15 is 0 Å². The van der Waals surface area contributed by atoms with Crippen LogP contribution >= 0.6 is 0 Å². The van der Waals surface area contributed by atoms with Crippen molar-refractivity contribution in [2.45, 2.75) is 18.9 Å². The first-order valence-corrected chi connectivity index (χ1v) is 6.14. The highest BCUT2D eigenvalue weighted by Gasteiger charge is 2.43. The van der Waals surface area contributed by atoms with Crippen LogP contribution in [-0.2, 0) is 9.59 Å². The van der Waals surface area contributed by atoms with E-state index in [1.165, 1.54) is 17.0 Å². The molecule has 100 valence electrons. The molecule has 0 N–H and O–H groups in total. The molecule has 1 aromatic carbocycles. The van der Waals surface area contributed by atoms with Crippen LogP contribution in [0.4, 0.5) is 14.5 Å². The quantitative estimate of drug-likeness (QED) is 0.768. The van der Waals surface area contributed by atoms with Crippen LogP contribution in [0.3, 0.4) is 0 Å². The first-order chi connectivity index (χ1) is 9.09. The largest absolute Gasteiger partial charge is 0.329 e. The molecule has 2 heterocycles. The van der Waals surface area contributed by atoms with Gasteiger partial charge in [0, 0.05) is 6.54 Å². The number of nitrogens with zero attached hydrogens (tertiary/aromatic N) is 2. The first-order valence-electron chi connectivity index (χ1n) is 6.14. The third-order valence-electron chi connectivity index (χ3n) is 3.64. The Morgan fingerprint density at radius 1 is 1.21 bits per heavy atom. The number of carbonyl (C=O) groups excluding carboxylic acids is 2. The lowest BCUT2D eigenvalue weighted by molar-refractivity contribution is -0.140. The number of amides is 2. The van der Waals surface area contributed by atoms with Gasteiger partial charge in [-0.05, 0) is 25.0 Å². The van der Waals surface area contributed by atoms with E-state index in [0.717, 1.165) is 17.4 Å². The maximum absolute atomic E-state index is 13.7. The van der Waals surface area contributed by atoms with Gasteiger partial charge in [0.1, 0.15) is 12.6 Å². The molecule has 4 nitrogen and oxygen atoms in total. The fourth-order valence-electron chi connectivity index (χ4n) is 2.71. The smallest absolute Gasteiger partial charge is 0.250 e. The lowest BCUT2D eigenvalue weighted by atomic mass is 10.1. The molecule has 6 heteroatoms. The van der Waals surface area contributed by atoms with Gasteiger partial charge in [-0.1, -0.05) is 6.07 Å². The van der Waals surface area contributed by atoms with Crippen LogP contribution in [0, 0.1) is 11.6 Å². The molecule has 0 aromatic heterocycles. The molecular formula is C13H12F2N2O2. The van der Waals surface area contributed by atoms with Crippen LogP contribution in [0.2, 0.25) is 0 Å². The molecule has 2 amide bonds. The van der Waals surface area contributed by atoms with Crippen molar-refractivity contribution >= 4 is 17.5 Å². The van der Waals surface area contributed by atoms with Crippen LogP contribution in [-0.4, -0.2) is 35.8 Å². The second-order valence-electron chi connectivity index (χ2n) is 4.74. The third kappa shape index (κ3) is 1.78. The number of piperazine rings is 1. The highest BCUT2D eigenvalue weighted by atomic mass is 19.2. The summed E-state index contributed by atoms with van der Waals surface area (Å²) in [6, 6.07) is 3.10. The Hall–Kier alpha value is -1.98. The van der Waals surface area contributed by atoms with Crippen LogP contribution in [0.5, 0.6) is 0 Å². The molecule has 2 fully saturated rings. The number of halogens is 2. The lowest BCUT2D eigenvalue weighted by Gasteiger charge is -2.36. The van der Waals surface area contributed by atoms with Crippen molar-refractivity contribution in [2.75, 3.05) is 18.0 Å². The molecular weight excluding hydrogens is 254 g/mol. The summed E-state index contributed by atoms with van der Waals surface area (Å²) in [7, 11) is 0. The molecule has 1 aromatic rings. The zero-order valence-electron chi connectivity index (χ0n) is 10.1. The average molecular weight is 266 g/mol. The van der Waals surface area contributed by atoms with E-state index in [1.54, 1.807) is 0 Å². The van der Waals surface area contributed by atoms with E-state index in [1.807, 2.05) is 0 Å². The van der Waals surface area contributed by atoms with Crippen molar-refractivity contribution in [3.05, 3.63) is 29.8 Å². The zero-order valence-corrected chi connectivity index (χ0v) is 10.1. The summed E-state index contributed by atoms with van der Waals surface area (Å²) in [5, 5.41) is 0. The number of fused-ring (bicyclic) bond motifs is 1. The van der Waals surface area contributed by atoms with Crippen molar-refractivity contribution in [1.82, 2.24) is 4.90 Å². The Morgan fingerprint density at radius 3 is 2.79 bits per heavy atom. The van der Waals surface area contributed by atoms with Crippen LogP contribution in [0.1, 0.15) is 12.8 Å². The van der Waals surface area contributed by atoms with Gasteiger partial charge in [-0.15, -0.1) is 0 Å². The molecule has 0 spiro atoms. The number of carbonyl (C=O) groups is 2. The van der Waals surface area contributed by atoms with Gasteiger partial charge in [-0.25, -0.2) is 8.78 Å². The number of benzene rings is 1. The summed E-state index contributed by atoms with van der Waals surface area (Å²) in [5.74, 6) is -2.66. The topological polar surface area (TPSA) is 40.6 Å². The van der Waals surface area contributed by atoms with Crippen molar-refractivity contribution < 1.29 is 18.4 Å². The summed E-state index contributed by atoms with van der Waals surface area (Å²) >= 11 is 0. The van der Waals surface area contributed by atoms with Gasteiger partial charge in [0.25, 0.3) is 0 Å². The van der Waals surface area contributed by atoms with Crippen molar-refractivity contribution in [2.24, 2.45) is 0 Å². The molecule has 0 bridgehead atoms. The van der Waals surface area contributed by atoms with Gasteiger partial charge in [0.2, 0.25) is 11.8 Å². The molecule has 2 aliphatic rings. The minimum Gasteiger partial charge on any atom is -0.329 e. The van der Waals surface area contributed by atoms with Crippen LogP contribution in [0.15, 0.2) is 18.2 Å². The van der Waals surface area contributed by atoms with Crippen LogP contribution in [0.25, 0.3) is 0 Å². The minimum absolute atomic E-state index is 0.162. The Kier molecular flexibility index (Phi) is 2.73. The Morgan fingerprint density at radius 2 is 2.00 bits per heavy atom. The maximum atomic E-state index is 13.7. The van der Waals surface area contributed by atoms with E-state index in [2.05, 4.69) is 0 Å². The first kappa shape index (κ1) is 12.1. The predicted molar refractivity (Wildman–Crippen MR) is 63.4 cm³/mol. The standard InChI is InChI=1S/C13H12F2N2O2/c14-8-3-1-4-9(12(8)15)17-7-11(18)16-6-2-5-10(16)13(17)19/h1,3-4,10H,2,5-7H2. The fourth-order valence-corrected chi connectivity index (χ4v) is 2.71. The van der Waals surface area contributed by atoms with Crippen molar-refractivity contribution in [3.8, 4) is 0 Å². The Bertz CT molecular complexity index is 562. The minimum atomic E-state index is -1.09. The van der Waals surface area contributed by atoms with E-state index in [0.29, 0.717) is 13.0 Å². The highest BCUT2D eigenvalue weighted by molar-refractivity contribution is 6.06. The molecule has 0 radical (unpaired) electrons. The van der Waals surface area contributed by atoms with Gasteiger partial charge < -0.3 is 4.90 Å². The highest BCUT2D eigenvalue weighted by Crippen LogP contribution is 2.29. The number of hydrogen-bond acceptors (Lipinski definition) is 2. The second kappa shape index (κ2) is 4.29. The van der Waals surface area contributed by atoms with Gasteiger partial charge in [-0.3, -0.25) is 14.5 Å². The molecule has 2 saturated heterocycles. The summed E-state index contributed by atoms with van der Waals surface area (Å²) in [6.07, 6.45) is 1.35. The maximum Gasteiger partial charge on any atom is 0.250 e. The molecule has 3 rings (SSSR count). The van der Waals surface area contributed by atoms with Gasteiger partial charge in [-0.2, -0.15) is 0 Å². The van der Waals surface area contributed by atoms with Gasteiger partial charge in [0.05, 0.1) is 5.69 Å². The number of hydrogen-bond donors (Lipinski definition) is 0. The molecule has 0 aliphatic carbocycles. The van der Waals surface area contributed by atoms with E-state index in [4.69, 9.17) is 0 Å². The fraction of sp³-hybridized carbons (Fsp3) is 0.385. The van der Waals surface area contributed by atoms with E-state index in [-0.39, 0.29) is 24.0 Å². The normalized spacial score (nSPS) is 22.9. The van der Waals surface area contributed by atoms with Gasteiger partial charge in [0.15, 0.2) is 11.6 Å². The summed E-state index contributed by atoms with van der Waals surface area (Å²) in [5.41, 5.74) is -0.162. The average Bonchev–Trinajstić information content (AvgIpc) is 2.87. The Balaban J connectivity index is 1.99. The molecule has 1 unspecified atom stereocenters. The van der Waals surface area contributed by atoms with Crippen molar-refractivity contribution in [3.63, 3.8) is 0 Å². The Labute approximate surface area is 108 Å². The molecule has 1 atom stereocenters. The number of rotatable bonds is 1. The summed E-state index contributed by atoms with van der Waals surface area (Å²) in [4.78, 5) is 26.7. The van der Waals surface area contributed by atoms with Gasteiger partial charge >= 0.3 is 0 Å². The van der Waals surface area contributed by atoms with Crippen LogP contribution < -0.4 is 4.90 Å². The molecule has 0 saturated carbocycles. The monoisotopic (exact) mass is 266 g/mol. The zero-order chi connectivity index (χ0) is 13.6. The molecule has 19 heavy (non-hydrogen) atoms.